The molecule has 1 aromatic heterocycles. The average molecular weight is 293 g/mol. The third-order valence-electron chi connectivity index (χ3n) is 3.64. The molecular formula is C16H21F2N3. The molecule has 0 amide bonds. The fraction of sp³-hybridized carbons (Fsp3) is 0.438. The maximum Gasteiger partial charge on any atom is 0.129 e. The zero-order valence-corrected chi connectivity index (χ0v) is 12.4. The minimum Gasteiger partial charge on any atom is -0.338 e. The third kappa shape index (κ3) is 4.11. The molecule has 0 fully saturated rings. The molecule has 1 unspecified atom stereocenters. The van der Waals surface area contributed by atoms with Gasteiger partial charge in [0.1, 0.15) is 17.5 Å². The first-order valence-corrected chi connectivity index (χ1v) is 7.24. The van der Waals surface area contributed by atoms with E-state index in [4.69, 9.17) is 0 Å². The van der Waals surface area contributed by atoms with Crippen LogP contribution >= 0.6 is 0 Å². The Labute approximate surface area is 124 Å². The first kappa shape index (κ1) is 15.6. The van der Waals surface area contributed by atoms with Gasteiger partial charge in [0.2, 0.25) is 0 Å². The second-order valence-electron chi connectivity index (χ2n) is 5.15. The molecule has 1 aromatic carbocycles. The molecule has 5 heteroatoms. The van der Waals surface area contributed by atoms with Crippen molar-refractivity contribution in [2.75, 3.05) is 6.54 Å². The van der Waals surface area contributed by atoms with Crippen molar-refractivity contribution in [1.29, 1.82) is 0 Å². The second kappa shape index (κ2) is 7.31. The van der Waals surface area contributed by atoms with E-state index in [-0.39, 0.29) is 11.6 Å². The Kier molecular flexibility index (Phi) is 5.44. The number of hydrogen-bond acceptors (Lipinski definition) is 2. The van der Waals surface area contributed by atoms with Gasteiger partial charge in [0.25, 0.3) is 0 Å². The summed E-state index contributed by atoms with van der Waals surface area (Å²) in [7, 11) is 1.95. The normalized spacial score (nSPS) is 12.6. The predicted molar refractivity (Wildman–Crippen MR) is 79.1 cm³/mol. The maximum atomic E-state index is 13.7. The molecule has 114 valence electrons. The van der Waals surface area contributed by atoms with Crippen molar-refractivity contribution in [2.24, 2.45) is 7.05 Å². The molecule has 3 nitrogen and oxygen atoms in total. The molecule has 1 atom stereocenters. The van der Waals surface area contributed by atoms with Crippen LogP contribution in [0, 0.1) is 11.6 Å². The molecule has 0 aliphatic carbocycles. The summed E-state index contributed by atoms with van der Waals surface area (Å²) in [5, 5.41) is 3.30. The lowest BCUT2D eigenvalue weighted by molar-refractivity contribution is 0.459. The first-order valence-electron chi connectivity index (χ1n) is 7.24. The van der Waals surface area contributed by atoms with E-state index in [0.29, 0.717) is 6.42 Å². The Bertz CT molecular complexity index is 560. The summed E-state index contributed by atoms with van der Waals surface area (Å²) in [5.41, 5.74) is 0.156. The zero-order chi connectivity index (χ0) is 15.2. The van der Waals surface area contributed by atoms with Gasteiger partial charge in [-0.2, -0.15) is 0 Å². The van der Waals surface area contributed by atoms with Crippen molar-refractivity contribution >= 4 is 0 Å². The highest BCUT2D eigenvalue weighted by Crippen LogP contribution is 2.16. The van der Waals surface area contributed by atoms with Crippen molar-refractivity contribution in [2.45, 2.75) is 32.2 Å². The van der Waals surface area contributed by atoms with E-state index in [1.54, 1.807) is 6.20 Å². The van der Waals surface area contributed by atoms with Gasteiger partial charge in [0, 0.05) is 37.5 Å². The predicted octanol–water partition coefficient (Wildman–Crippen LogP) is 2.85. The van der Waals surface area contributed by atoms with Crippen molar-refractivity contribution in [3.05, 3.63) is 53.6 Å². The fourth-order valence-corrected chi connectivity index (χ4v) is 2.48. The Morgan fingerprint density at radius 3 is 2.57 bits per heavy atom. The number of aromatic nitrogens is 2. The minimum atomic E-state index is -0.477. The van der Waals surface area contributed by atoms with E-state index in [1.165, 1.54) is 18.2 Å². The highest BCUT2D eigenvalue weighted by Gasteiger charge is 2.16. The van der Waals surface area contributed by atoms with Crippen LogP contribution in [0.4, 0.5) is 8.78 Å². The standard InChI is InChI=1S/C16H21F2N3/c1-3-19-12(7-8-16-20-9-10-21(16)2)11-13-14(17)5-4-6-15(13)18/h4-6,9-10,12,19H,3,7-8,11H2,1-2H3. The lowest BCUT2D eigenvalue weighted by atomic mass is 10.0. The molecule has 0 saturated heterocycles. The molecule has 1 N–H and O–H groups in total. The van der Waals surface area contributed by atoms with Gasteiger partial charge in [0.05, 0.1) is 0 Å². The summed E-state index contributed by atoms with van der Waals surface area (Å²) < 4.78 is 29.5. The quantitative estimate of drug-likeness (QED) is 0.850. The molecule has 0 aliphatic rings. The van der Waals surface area contributed by atoms with E-state index in [1.807, 2.05) is 24.7 Å². The summed E-state index contributed by atoms with van der Waals surface area (Å²) in [4.78, 5) is 4.28. The van der Waals surface area contributed by atoms with Crippen molar-refractivity contribution < 1.29 is 8.78 Å². The van der Waals surface area contributed by atoms with E-state index in [2.05, 4.69) is 10.3 Å². The molecule has 21 heavy (non-hydrogen) atoms. The number of hydrogen-bond donors (Lipinski definition) is 1. The van der Waals surface area contributed by atoms with E-state index in [0.717, 1.165) is 25.2 Å². The second-order valence-corrected chi connectivity index (χ2v) is 5.15. The van der Waals surface area contributed by atoms with Gasteiger partial charge in [-0.05, 0) is 31.5 Å². The Hall–Kier alpha value is -1.75. The monoisotopic (exact) mass is 293 g/mol. The van der Waals surface area contributed by atoms with Crippen LogP contribution < -0.4 is 5.32 Å². The van der Waals surface area contributed by atoms with Crippen LogP contribution in [0.15, 0.2) is 30.6 Å². The molecular weight excluding hydrogens is 272 g/mol. The van der Waals surface area contributed by atoms with Crippen LogP contribution in [-0.2, 0) is 19.9 Å². The lowest BCUT2D eigenvalue weighted by Gasteiger charge is -2.18. The van der Waals surface area contributed by atoms with Gasteiger partial charge < -0.3 is 9.88 Å². The van der Waals surface area contributed by atoms with Gasteiger partial charge in [-0.3, -0.25) is 0 Å². The smallest absolute Gasteiger partial charge is 0.129 e. The van der Waals surface area contributed by atoms with Crippen molar-refractivity contribution in [3.63, 3.8) is 0 Å². The third-order valence-corrected chi connectivity index (χ3v) is 3.64. The molecule has 0 saturated carbocycles. The zero-order valence-electron chi connectivity index (χ0n) is 12.4. The van der Waals surface area contributed by atoms with Crippen LogP contribution in [0.5, 0.6) is 0 Å². The summed E-state index contributed by atoms with van der Waals surface area (Å²) in [6.45, 7) is 2.76. The largest absolute Gasteiger partial charge is 0.338 e. The van der Waals surface area contributed by atoms with Gasteiger partial charge in [-0.15, -0.1) is 0 Å². The number of rotatable bonds is 7. The van der Waals surface area contributed by atoms with Crippen molar-refractivity contribution in [1.82, 2.24) is 14.9 Å². The SMILES string of the molecule is CCNC(CCc1nccn1C)Cc1c(F)cccc1F. The van der Waals surface area contributed by atoms with Gasteiger partial charge >= 0.3 is 0 Å². The summed E-state index contributed by atoms with van der Waals surface area (Å²) in [6.07, 6.45) is 5.56. The highest BCUT2D eigenvalue weighted by molar-refractivity contribution is 5.20. The number of nitrogens with one attached hydrogen (secondary N) is 1. The maximum absolute atomic E-state index is 13.7. The molecule has 0 aliphatic heterocycles. The number of halogens is 2. The fourth-order valence-electron chi connectivity index (χ4n) is 2.48. The van der Waals surface area contributed by atoms with Crippen LogP contribution in [0.1, 0.15) is 24.7 Å². The van der Waals surface area contributed by atoms with Crippen LogP contribution in [0.25, 0.3) is 0 Å². The van der Waals surface area contributed by atoms with Gasteiger partial charge in [-0.1, -0.05) is 13.0 Å². The van der Waals surface area contributed by atoms with Crippen LogP contribution in [-0.4, -0.2) is 22.1 Å². The summed E-state index contributed by atoms with van der Waals surface area (Å²) in [6, 6.07) is 4.03. The highest BCUT2D eigenvalue weighted by atomic mass is 19.1. The van der Waals surface area contributed by atoms with Crippen LogP contribution in [0.3, 0.4) is 0 Å². The molecule has 0 spiro atoms. The molecule has 0 radical (unpaired) electrons. The topological polar surface area (TPSA) is 29.9 Å². The number of likely N-dealkylation sites (N-methyl/N-ethyl adjacent to an activating group) is 1. The van der Waals surface area contributed by atoms with Crippen molar-refractivity contribution in [3.8, 4) is 0 Å². The Morgan fingerprint density at radius 2 is 2.00 bits per heavy atom. The van der Waals surface area contributed by atoms with Gasteiger partial charge in [-0.25, -0.2) is 13.8 Å². The number of benzene rings is 1. The van der Waals surface area contributed by atoms with E-state index < -0.39 is 11.6 Å². The molecule has 1 heterocycles. The Balaban J connectivity index is 2.03. The first-order chi connectivity index (χ1) is 10.1. The van der Waals surface area contributed by atoms with E-state index >= 15 is 0 Å². The van der Waals surface area contributed by atoms with Gasteiger partial charge in [0.15, 0.2) is 0 Å². The molecule has 2 rings (SSSR count). The van der Waals surface area contributed by atoms with Crippen LogP contribution in [0.2, 0.25) is 0 Å². The minimum absolute atomic E-state index is 0.0260. The summed E-state index contributed by atoms with van der Waals surface area (Å²) >= 11 is 0. The lowest BCUT2D eigenvalue weighted by Crippen LogP contribution is -2.32. The Morgan fingerprint density at radius 1 is 1.29 bits per heavy atom. The average Bonchev–Trinajstić information content (AvgIpc) is 2.86. The number of aryl methyl sites for hydroxylation is 2. The number of imidazole rings is 1. The van der Waals surface area contributed by atoms with E-state index in [9.17, 15) is 8.78 Å². The summed E-state index contributed by atoms with van der Waals surface area (Å²) in [5.74, 6) is 0.0247. The molecule has 2 aromatic rings. The number of nitrogens with zero attached hydrogens (tertiary/aromatic N) is 2. The molecule has 0 bridgehead atoms.